The maximum absolute atomic E-state index is 13.4. The molecule has 0 saturated heterocycles. The summed E-state index contributed by atoms with van der Waals surface area (Å²) in [5.74, 6) is -0.850. The molecule has 0 saturated carbocycles. The first kappa shape index (κ1) is 14.5. The fourth-order valence-corrected chi connectivity index (χ4v) is 1.75. The predicted octanol–water partition coefficient (Wildman–Crippen LogP) is 1.93. The Morgan fingerprint density at radius 2 is 2.10 bits per heavy atom. The van der Waals surface area contributed by atoms with Crippen LogP contribution in [0.15, 0.2) is 42.6 Å². The zero-order chi connectivity index (χ0) is 15.1. The monoisotopic (exact) mass is 284 g/mol. The predicted molar refractivity (Wildman–Crippen MR) is 76.2 cm³/mol. The van der Waals surface area contributed by atoms with Crippen molar-refractivity contribution >= 4 is 11.6 Å². The number of halogens is 1. The molecule has 1 aromatic heterocycles. The molecule has 1 heterocycles. The second-order valence-electron chi connectivity index (χ2n) is 4.17. The molecule has 21 heavy (non-hydrogen) atoms. The molecule has 0 radical (unpaired) electrons. The van der Waals surface area contributed by atoms with Crippen LogP contribution < -0.4 is 10.6 Å². The summed E-state index contributed by atoms with van der Waals surface area (Å²) >= 11 is 0. The van der Waals surface area contributed by atoms with Crippen LogP contribution >= 0.6 is 0 Å². The molecule has 1 amide bonds. The van der Waals surface area contributed by atoms with E-state index in [-0.39, 0.29) is 11.5 Å². The summed E-state index contributed by atoms with van der Waals surface area (Å²) in [5.41, 5.74) is 0.708. The highest BCUT2D eigenvalue weighted by Gasteiger charge is 2.08. The van der Waals surface area contributed by atoms with Crippen molar-refractivity contribution in [1.29, 1.82) is 5.26 Å². The summed E-state index contributed by atoms with van der Waals surface area (Å²) in [6.45, 7) is 0.702. The second kappa shape index (κ2) is 7.01. The number of rotatable bonds is 5. The molecule has 0 aliphatic carbocycles. The lowest BCUT2D eigenvalue weighted by Crippen LogP contribution is -2.29. The Morgan fingerprint density at radius 1 is 1.24 bits per heavy atom. The van der Waals surface area contributed by atoms with E-state index in [9.17, 15) is 9.18 Å². The Morgan fingerprint density at radius 3 is 2.81 bits per heavy atom. The topological polar surface area (TPSA) is 77.8 Å². The third-order valence-corrected chi connectivity index (χ3v) is 2.75. The van der Waals surface area contributed by atoms with Crippen molar-refractivity contribution in [2.24, 2.45) is 0 Å². The molecule has 0 atom stereocenters. The number of nitrogens with zero attached hydrogens (tertiary/aromatic N) is 2. The van der Waals surface area contributed by atoms with Gasteiger partial charge in [0.1, 0.15) is 23.1 Å². The third kappa shape index (κ3) is 3.76. The van der Waals surface area contributed by atoms with Crippen LogP contribution in [0.25, 0.3) is 0 Å². The van der Waals surface area contributed by atoms with Gasteiger partial charge in [-0.1, -0.05) is 12.1 Å². The Hall–Kier alpha value is -2.94. The highest BCUT2D eigenvalue weighted by Crippen LogP contribution is 2.17. The van der Waals surface area contributed by atoms with Crippen molar-refractivity contribution in [3.05, 3.63) is 59.7 Å². The minimum absolute atomic E-state index is 0.0337. The molecule has 0 bridgehead atoms. The smallest absolute Gasteiger partial charge is 0.269 e. The number of nitriles is 1. The van der Waals surface area contributed by atoms with Gasteiger partial charge < -0.3 is 10.6 Å². The Labute approximate surface area is 121 Å². The quantitative estimate of drug-likeness (QED) is 0.822. The van der Waals surface area contributed by atoms with Crippen molar-refractivity contribution in [3.8, 4) is 6.07 Å². The first-order valence-corrected chi connectivity index (χ1v) is 6.34. The summed E-state index contributed by atoms with van der Waals surface area (Å²) < 4.78 is 13.4. The standard InChI is InChI=1S/C15H13FN4O/c16-12-4-3-6-13(11(12)10-17)19-8-9-20-15(21)14-5-1-2-7-18-14/h1-7,19H,8-9H2,(H,20,21). The Balaban J connectivity index is 1.85. The molecular formula is C15H13FN4O. The lowest BCUT2D eigenvalue weighted by molar-refractivity contribution is 0.0950. The van der Waals surface area contributed by atoms with Gasteiger partial charge in [-0.2, -0.15) is 5.26 Å². The number of anilines is 1. The molecule has 0 unspecified atom stereocenters. The fraction of sp³-hybridized carbons (Fsp3) is 0.133. The van der Waals surface area contributed by atoms with Crippen LogP contribution in [-0.4, -0.2) is 24.0 Å². The van der Waals surface area contributed by atoms with Gasteiger partial charge in [-0.15, -0.1) is 0 Å². The van der Waals surface area contributed by atoms with Gasteiger partial charge in [0.2, 0.25) is 0 Å². The highest BCUT2D eigenvalue weighted by atomic mass is 19.1. The molecule has 2 aromatic rings. The lowest BCUT2D eigenvalue weighted by Gasteiger charge is -2.09. The molecule has 2 rings (SSSR count). The number of aromatic nitrogens is 1. The third-order valence-electron chi connectivity index (χ3n) is 2.75. The van der Waals surface area contributed by atoms with Crippen molar-refractivity contribution < 1.29 is 9.18 Å². The van der Waals surface area contributed by atoms with E-state index in [1.165, 1.54) is 12.1 Å². The first-order chi connectivity index (χ1) is 10.2. The molecular weight excluding hydrogens is 271 g/mol. The van der Waals surface area contributed by atoms with Crippen LogP contribution in [0.3, 0.4) is 0 Å². The van der Waals surface area contributed by atoms with Crippen LogP contribution in [0.4, 0.5) is 10.1 Å². The number of carbonyl (C=O) groups excluding carboxylic acids is 1. The number of carbonyl (C=O) groups is 1. The van der Waals surface area contributed by atoms with E-state index >= 15 is 0 Å². The van der Waals surface area contributed by atoms with E-state index in [0.29, 0.717) is 24.5 Å². The normalized spacial score (nSPS) is 9.71. The van der Waals surface area contributed by atoms with Gasteiger partial charge in [-0.05, 0) is 24.3 Å². The molecule has 1 aromatic carbocycles. The number of amides is 1. The Bertz CT molecular complexity index is 667. The van der Waals surface area contributed by atoms with Crippen molar-refractivity contribution in [3.63, 3.8) is 0 Å². The van der Waals surface area contributed by atoms with E-state index in [2.05, 4.69) is 15.6 Å². The van der Waals surface area contributed by atoms with Gasteiger partial charge in [0.05, 0.1) is 5.69 Å². The summed E-state index contributed by atoms with van der Waals surface area (Å²) in [5, 5.41) is 14.5. The molecule has 106 valence electrons. The number of nitrogens with one attached hydrogen (secondary N) is 2. The maximum Gasteiger partial charge on any atom is 0.269 e. The summed E-state index contributed by atoms with van der Waals surface area (Å²) in [7, 11) is 0. The van der Waals surface area contributed by atoms with Gasteiger partial charge in [0, 0.05) is 19.3 Å². The SMILES string of the molecule is N#Cc1c(F)cccc1NCCNC(=O)c1ccccn1. The lowest BCUT2D eigenvalue weighted by atomic mass is 10.2. The van der Waals surface area contributed by atoms with Gasteiger partial charge in [-0.3, -0.25) is 9.78 Å². The van der Waals surface area contributed by atoms with Crippen LogP contribution in [0.5, 0.6) is 0 Å². The second-order valence-corrected chi connectivity index (χ2v) is 4.17. The van der Waals surface area contributed by atoms with Gasteiger partial charge in [0.25, 0.3) is 5.91 Å². The van der Waals surface area contributed by atoms with E-state index in [1.807, 2.05) is 0 Å². The molecule has 0 fully saturated rings. The fourth-order valence-electron chi connectivity index (χ4n) is 1.75. The minimum Gasteiger partial charge on any atom is -0.382 e. The van der Waals surface area contributed by atoms with E-state index < -0.39 is 5.82 Å². The highest BCUT2D eigenvalue weighted by molar-refractivity contribution is 5.92. The zero-order valence-electron chi connectivity index (χ0n) is 11.1. The number of benzene rings is 1. The van der Waals surface area contributed by atoms with Crippen molar-refractivity contribution in [2.75, 3.05) is 18.4 Å². The Kier molecular flexibility index (Phi) is 4.83. The summed E-state index contributed by atoms with van der Waals surface area (Å²) in [6.07, 6.45) is 1.54. The van der Waals surface area contributed by atoms with E-state index in [4.69, 9.17) is 5.26 Å². The number of hydrogen-bond acceptors (Lipinski definition) is 4. The van der Waals surface area contributed by atoms with Gasteiger partial charge in [-0.25, -0.2) is 4.39 Å². The average Bonchev–Trinajstić information content (AvgIpc) is 2.52. The largest absolute Gasteiger partial charge is 0.382 e. The van der Waals surface area contributed by atoms with E-state index in [0.717, 1.165) is 0 Å². The van der Waals surface area contributed by atoms with Crippen LogP contribution in [0.1, 0.15) is 16.1 Å². The molecule has 0 aliphatic rings. The molecule has 0 aliphatic heterocycles. The molecule has 0 spiro atoms. The number of pyridine rings is 1. The molecule has 2 N–H and O–H groups in total. The van der Waals surface area contributed by atoms with Crippen molar-refractivity contribution in [1.82, 2.24) is 10.3 Å². The van der Waals surface area contributed by atoms with Crippen LogP contribution in [0, 0.1) is 17.1 Å². The zero-order valence-corrected chi connectivity index (χ0v) is 11.1. The van der Waals surface area contributed by atoms with Crippen LogP contribution in [0.2, 0.25) is 0 Å². The summed E-state index contributed by atoms with van der Waals surface area (Å²) in [6, 6.07) is 11.2. The number of hydrogen-bond donors (Lipinski definition) is 2. The van der Waals surface area contributed by atoms with Gasteiger partial charge >= 0.3 is 0 Å². The molecule has 6 heteroatoms. The van der Waals surface area contributed by atoms with Gasteiger partial charge in [0.15, 0.2) is 0 Å². The minimum atomic E-state index is -0.569. The average molecular weight is 284 g/mol. The van der Waals surface area contributed by atoms with E-state index in [1.54, 1.807) is 36.5 Å². The molecule has 5 nitrogen and oxygen atoms in total. The maximum atomic E-state index is 13.4. The van der Waals surface area contributed by atoms with Crippen LogP contribution in [-0.2, 0) is 0 Å². The van der Waals surface area contributed by atoms with Crippen molar-refractivity contribution in [2.45, 2.75) is 0 Å². The summed E-state index contributed by atoms with van der Waals surface area (Å²) in [4.78, 5) is 15.6. The first-order valence-electron chi connectivity index (χ1n) is 6.34.